The summed E-state index contributed by atoms with van der Waals surface area (Å²) < 4.78 is 7.86. The molecule has 0 saturated heterocycles. The SMILES string of the molecule is CCN(C)CC(c1ccc(OC)cc1)n1c2ccccc2c2ccccc21. The number of fused-ring (bicyclic) bond motifs is 3. The van der Waals surface area contributed by atoms with Gasteiger partial charge >= 0.3 is 0 Å². The van der Waals surface area contributed by atoms with Gasteiger partial charge in [0, 0.05) is 28.4 Å². The molecule has 1 aromatic heterocycles. The summed E-state index contributed by atoms with van der Waals surface area (Å²) in [5.41, 5.74) is 3.86. The highest BCUT2D eigenvalue weighted by atomic mass is 16.5. The fraction of sp³-hybridized carbons (Fsp3) is 0.250. The maximum Gasteiger partial charge on any atom is 0.118 e. The molecule has 0 radical (unpaired) electrons. The quantitative estimate of drug-likeness (QED) is 0.463. The van der Waals surface area contributed by atoms with E-state index in [2.05, 4.69) is 96.2 Å². The smallest absolute Gasteiger partial charge is 0.118 e. The predicted octanol–water partition coefficient (Wildman–Crippen LogP) is 5.34. The van der Waals surface area contributed by atoms with E-state index in [1.165, 1.54) is 27.4 Å². The van der Waals surface area contributed by atoms with Crippen LogP contribution in [0, 0.1) is 0 Å². The molecule has 3 heteroatoms. The molecule has 1 heterocycles. The van der Waals surface area contributed by atoms with Gasteiger partial charge in [-0.25, -0.2) is 0 Å². The molecule has 0 amide bonds. The lowest BCUT2D eigenvalue weighted by molar-refractivity contribution is 0.314. The summed E-state index contributed by atoms with van der Waals surface area (Å²) in [6, 6.07) is 26.2. The summed E-state index contributed by atoms with van der Waals surface area (Å²) in [7, 11) is 3.90. The molecule has 1 atom stereocenters. The summed E-state index contributed by atoms with van der Waals surface area (Å²) in [5.74, 6) is 0.892. The van der Waals surface area contributed by atoms with Crippen molar-refractivity contribution in [1.29, 1.82) is 0 Å². The van der Waals surface area contributed by atoms with E-state index < -0.39 is 0 Å². The van der Waals surface area contributed by atoms with Gasteiger partial charge in [-0.05, 0) is 43.4 Å². The molecule has 138 valence electrons. The molecule has 0 aliphatic rings. The first-order chi connectivity index (χ1) is 13.2. The van der Waals surface area contributed by atoms with Crippen LogP contribution in [0.5, 0.6) is 5.75 Å². The lowest BCUT2D eigenvalue weighted by atomic mass is 10.1. The Morgan fingerprint density at radius 3 is 1.93 bits per heavy atom. The maximum absolute atomic E-state index is 5.37. The van der Waals surface area contributed by atoms with E-state index in [1.807, 2.05) is 0 Å². The monoisotopic (exact) mass is 358 g/mol. The normalized spacial score (nSPS) is 12.7. The zero-order chi connectivity index (χ0) is 18.8. The van der Waals surface area contributed by atoms with E-state index in [1.54, 1.807) is 7.11 Å². The van der Waals surface area contributed by atoms with Crippen molar-refractivity contribution in [1.82, 2.24) is 9.47 Å². The van der Waals surface area contributed by atoms with Crippen molar-refractivity contribution >= 4 is 21.8 Å². The standard InChI is InChI=1S/C24H26N2O/c1-4-25(2)17-24(18-13-15-19(27-3)16-14-18)26-22-11-7-5-9-20(22)21-10-6-8-12-23(21)26/h5-16,24H,4,17H2,1-3H3. The number of para-hydroxylation sites is 2. The number of likely N-dealkylation sites (N-methyl/N-ethyl adjacent to an activating group) is 1. The molecule has 0 aliphatic carbocycles. The lowest BCUT2D eigenvalue weighted by Gasteiger charge is -2.27. The molecule has 4 aromatic rings. The van der Waals surface area contributed by atoms with Gasteiger partial charge in [-0.2, -0.15) is 0 Å². The average Bonchev–Trinajstić information content (AvgIpc) is 3.06. The van der Waals surface area contributed by atoms with Gasteiger partial charge in [-0.3, -0.25) is 0 Å². The Morgan fingerprint density at radius 2 is 1.41 bits per heavy atom. The Hall–Kier alpha value is -2.78. The third kappa shape index (κ3) is 3.19. The summed E-state index contributed by atoms with van der Waals surface area (Å²) in [4.78, 5) is 2.37. The van der Waals surface area contributed by atoms with Crippen LogP contribution in [0.3, 0.4) is 0 Å². The second-order valence-corrected chi connectivity index (χ2v) is 7.05. The molecule has 4 rings (SSSR count). The lowest BCUT2D eigenvalue weighted by Crippen LogP contribution is -2.28. The van der Waals surface area contributed by atoms with Gasteiger partial charge in [-0.1, -0.05) is 55.5 Å². The number of methoxy groups -OCH3 is 1. The van der Waals surface area contributed by atoms with Gasteiger partial charge in [0.15, 0.2) is 0 Å². The third-order valence-electron chi connectivity index (χ3n) is 5.45. The van der Waals surface area contributed by atoms with E-state index in [4.69, 9.17) is 4.74 Å². The molecular weight excluding hydrogens is 332 g/mol. The van der Waals surface area contributed by atoms with Crippen LogP contribution in [0.15, 0.2) is 72.8 Å². The van der Waals surface area contributed by atoms with Crippen LogP contribution in [-0.2, 0) is 0 Å². The minimum absolute atomic E-state index is 0.227. The van der Waals surface area contributed by atoms with Crippen molar-refractivity contribution in [3.8, 4) is 5.75 Å². The number of hydrogen-bond donors (Lipinski definition) is 0. The summed E-state index contributed by atoms with van der Waals surface area (Å²) in [5, 5.41) is 2.62. The molecule has 0 aliphatic heterocycles. The van der Waals surface area contributed by atoms with Crippen LogP contribution in [0.25, 0.3) is 21.8 Å². The van der Waals surface area contributed by atoms with E-state index >= 15 is 0 Å². The van der Waals surface area contributed by atoms with Crippen molar-refractivity contribution < 1.29 is 4.74 Å². The minimum atomic E-state index is 0.227. The van der Waals surface area contributed by atoms with Crippen molar-refractivity contribution in [2.75, 3.05) is 27.2 Å². The van der Waals surface area contributed by atoms with Gasteiger partial charge in [0.25, 0.3) is 0 Å². The first kappa shape index (κ1) is 17.6. The second-order valence-electron chi connectivity index (χ2n) is 7.05. The number of aromatic nitrogens is 1. The molecule has 1 unspecified atom stereocenters. The number of ether oxygens (including phenoxy) is 1. The summed E-state index contributed by atoms with van der Waals surface area (Å²) in [6.07, 6.45) is 0. The predicted molar refractivity (Wildman–Crippen MR) is 114 cm³/mol. The Bertz CT molecular complexity index is 996. The summed E-state index contributed by atoms with van der Waals surface area (Å²) >= 11 is 0. The van der Waals surface area contributed by atoms with Crippen LogP contribution < -0.4 is 4.74 Å². The Kier molecular flexibility index (Phi) is 4.87. The molecule has 0 N–H and O–H groups in total. The topological polar surface area (TPSA) is 17.4 Å². The summed E-state index contributed by atoms with van der Waals surface area (Å²) in [6.45, 7) is 4.17. The first-order valence-corrected chi connectivity index (χ1v) is 9.53. The van der Waals surface area contributed by atoms with Gasteiger partial charge in [0.2, 0.25) is 0 Å². The van der Waals surface area contributed by atoms with Crippen LogP contribution in [-0.4, -0.2) is 36.7 Å². The minimum Gasteiger partial charge on any atom is -0.497 e. The van der Waals surface area contributed by atoms with E-state index in [-0.39, 0.29) is 6.04 Å². The molecular formula is C24H26N2O. The molecule has 3 nitrogen and oxygen atoms in total. The van der Waals surface area contributed by atoms with Crippen LogP contribution in [0.2, 0.25) is 0 Å². The fourth-order valence-corrected chi connectivity index (χ4v) is 3.87. The number of benzene rings is 3. The molecule has 0 fully saturated rings. The Balaban J connectivity index is 1.95. The fourth-order valence-electron chi connectivity index (χ4n) is 3.87. The zero-order valence-corrected chi connectivity index (χ0v) is 16.2. The highest BCUT2D eigenvalue weighted by Crippen LogP contribution is 2.34. The number of rotatable bonds is 6. The third-order valence-corrected chi connectivity index (χ3v) is 5.45. The highest BCUT2D eigenvalue weighted by molar-refractivity contribution is 6.08. The van der Waals surface area contributed by atoms with Gasteiger partial charge in [0.1, 0.15) is 5.75 Å². The van der Waals surface area contributed by atoms with E-state index in [0.29, 0.717) is 0 Å². The van der Waals surface area contributed by atoms with Crippen LogP contribution in [0.1, 0.15) is 18.5 Å². The Morgan fingerprint density at radius 1 is 0.852 bits per heavy atom. The number of hydrogen-bond acceptors (Lipinski definition) is 2. The highest BCUT2D eigenvalue weighted by Gasteiger charge is 2.21. The molecule has 0 spiro atoms. The molecule has 27 heavy (non-hydrogen) atoms. The Labute approximate surface area is 160 Å². The average molecular weight is 358 g/mol. The zero-order valence-electron chi connectivity index (χ0n) is 16.2. The van der Waals surface area contributed by atoms with Crippen molar-refractivity contribution in [3.05, 3.63) is 78.4 Å². The first-order valence-electron chi connectivity index (χ1n) is 9.53. The molecule has 0 bridgehead atoms. The number of nitrogens with zero attached hydrogens (tertiary/aromatic N) is 2. The largest absolute Gasteiger partial charge is 0.497 e. The second kappa shape index (κ2) is 7.45. The van der Waals surface area contributed by atoms with Gasteiger partial charge < -0.3 is 14.2 Å². The van der Waals surface area contributed by atoms with Crippen LogP contribution >= 0.6 is 0 Å². The van der Waals surface area contributed by atoms with E-state index in [0.717, 1.165) is 18.8 Å². The van der Waals surface area contributed by atoms with Gasteiger partial charge in [-0.15, -0.1) is 0 Å². The van der Waals surface area contributed by atoms with Crippen LogP contribution in [0.4, 0.5) is 0 Å². The van der Waals surface area contributed by atoms with Crippen molar-refractivity contribution in [3.63, 3.8) is 0 Å². The van der Waals surface area contributed by atoms with Crippen molar-refractivity contribution in [2.45, 2.75) is 13.0 Å². The molecule has 3 aromatic carbocycles. The van der Waals surface area contributed by atoms with E-state index in [9.17, 15) is 0 Å². The maximum atomic E-state index is 5.37. The van der Waals surface area contributed by atoms with Crippen molar-refractivity contribution in [2.24, 2.45) is 0 Å². The van der Waals surface area contributed by atoms with Gasteiger partial charge in [0.05, 0.1) is 13.2 Å². The molecule has 0 saturated carbocycles.